The van der Waals surface area contributed by atoms with Crippen LogP contribution in [0, 0.1) is 35.5 Å². The zero-order valence-corrected chi connectivity index (χ0v) is 21.0. The van der Waals surface area contributed by atoms with Gasteiger partial charge >= 0.3 is 0 Å². The van der Waals surface area contributed by atoms with E-state index in [0.29, 0.717) is 0 Å². The molecule has 1 saturated carbocycles. The van der Waals surface area contributed by atoms with E-state index < -0.39 is 35.2 Å². The van der Waals surface area contributed by atoms with Crippen molar-refractivity contribution in [2.45, 2.75) is 38.8 Å². The van der Waals surface area contributed by atoms with Crippen molar-refractivity contribution in [1.82, 2.24) is 10.6 Å². The second-order valence-electron chi connectivity index (χ2n) is 10.3. The van der Waals surface area contributed by atoms with Crippen LogP contribution in [-0.4, -0.2) is 52.3 Å². The van der Waals surface area contributed by atoms with Gasteiger partial charge in [0, 0.05) is 24.5 Å². The standard InChI is InChI=1S/C29H34N2O6/c1-16-15-21-19-8-4-5-9-22(33)26-28(36)27(31-29(26)37)23(34)13-14-30-24(35)10-6-3-7-18(19)11-12-20(21)25(16)17(2)32/h3-12,16,18-21,23,25,27,33-34H,13-15H2,1-2H3,(H,30,35)(H,31,37)/t16-,18+,19+,20-,21-,23+,25+,27+/m1/s1. The van der Waals surface area contributed by atoms with Gasteiger partial charge in [-0.15, -0.1) is 0 Å². The normalized spacial score (nSPS) is 36.4. The number of aliphatic hydroxyl groups excluding tert-OH is 2. The molecule has 0 spiro atoms. The number of aliphatic hydroxyl groups is 2. The van der Waals surface area contributed by atoms with Crippen LogP contribution in [0.15, 0.2) is 72.1 Å². The second kappa shape index (κ2) is 11.3. The van der Waals surface area contributed by atoms with Crippen LogP contribution in [-0.2, 0) is 19.2 Å². The molecule has 8 atom stereocenters. The van der Waals surface area contributed by atoms with Gasteiger partial charge in [0.25, 0.3) is 5.91 Å². The minimum Gasteiger partial charge on any atom is -0.507 e. The van der Waals surface area contributed by atoms with Crippen molar-refractivity contribution in [3.8, 4) is 0 Å². The summed E-state index contributed by atoms with van der Waals surface area (Å²) in [6.07, 6.45) is 17.6. The molecule has 2 aliphatic carbocycles. The monoisotopic (exact) mass is 506 g/mol. The average molecular weight is 507 g/mol. The Labute approximate surface area is 216 Å². The van der Waals surface area contributed by atoms with Crippen molar-refractivity contribution in [2.24, 2.45) is 35.5 Å². The predicted octanol–water partition coefficient (Wildman–Crippen LogP) is 2.25. The Morgan fingerprint density at radius 3 is 2.46 bits per heavy atom. The highest BCUT2D eigenvalue weighted by Gasteiger charge is 2.47. The minimum atomic E-state index is -1.22. The summed E-state index contributed by atoms with van der Waals surface area (Å²) in [5.74, 6) is -1.26. The molecule has 2 aliphatic heterocycles. The van der Waals surface area contributed by atoms with Gasteiger partial charge in [-0.25, -0.2) is 0 Å². The van der Waals surface area contributed by atoms with E-state index in [-0.39, 0.29) is 60.2 Å². The number of hydrogen-bond acceptors (Lipinski definition) is 6. The van der Waals surface area contributed by atoms with Crippen LogP contribution in [0.3, 0.4) is 0 Å². The molecule has 4 rings (SSSR count). The van der Waals surface area contributed by atoms with Gasteiger partial charge in [0.05, 0.1) is 6.10 Å². The van der Waals surface area contributed by atoms with E-state index in [0.717, 1.165) is 6.42 Å². The maximum Gasteiger partial charge on any atom is 0.259 e. The van der Waals surface area contributed by atoms with Gasteiger partial charge in [-0.05, 0) is 49.5 Å². The Balaban J connectivity index is 1.67. The molecule has 2 heterocycles. The van der Waals surface area contributed by atoms with Crippen LogP contribution < -0.4 is 10.6 Å². The summed E-state index contributed by atoms with van der Waals surface area (Å²) in [6.45, 7) is 3.88. The highest BCUT2D eigenvalue weighted by atomic mass is 16.3. The number of carbonyl (C=O) groups is 4. The quantitative estimate of drug-likeness (QED) is 0.319. The number of Topliss-reactive ketones (excluding diaryl/α,β-unsaturated/α-hetero) is 2. The second-order valence-corrected chi connectivity index (χ2v) is 10.3. The third-order valence-electron chi connectivity index (χ3n) is 7.94. The number of allylic oxidation sites excluding steroid dienone is 9. The van der Waals surface area contributed by atoms with E-state index in [9.17, 15) is 29.4 Å². The molecule has 1 saturated heterocycles. The molecule has 0 aromatic heterocycles. The third kappa shape index (κ3) is 5.59. The van der Waals surface area contributed by atoms with Gasteiger partial charge in [0.15, 0.2) is 5.78 Å². The molecular weight excluding hydrogens is 472 g/mol. The predicted molar refractivity (Wildman–Crippen MR) is 138 cm³/mol. The SMILES string of the molecule is CC(=O)[C@H]1[C@@H]2C=C[C@@H]3C=CC=CC(=O)NCC[C@H](O)[C@@H]4NC(=O)C(=C(O)C=CC=C[C@@H]3[C@H]2C[C@H]1C)C4=O. The lowest BCUT2D eigenvalue weighted by Gasteiger charge is -2.34. The first-order valence-electron chi connectivity index (χ1n) is 12.8. The molecule has 0 radical (unpaired) electrons. The van der Waals surface area contributed by atoms with E-state index >= 15 is 0 Å². The lowest BCUT2D eigenvalue weighted by atomic mass is 9.69. The van der Waals surface area contributed by atoms with Crippen LogP contribution >= 0.6 is 0 Å². The first kappa shape index (κ1) is 26.5. The smallest absolute Gasteiger partial charge is 0.259 e. The first-order valence-corrected chi connectivity index (χ1v) is 12.8. The number of amides is 2. The average Bonchev–Trinajstić information content (AvgIpc) is 3.34. The van der Waals surface area contributed by atoms with E-state index in [1.807, 2.05) is 18.2 Å². The molecular formula is C29H34N2O6. The molecule has 0 aromatic carbocycles. The molecule has 0 unspecified atom stereocenters. The molecule has 8 heteroatoms. The lowest BCUT2D eigenvalue weighted by molar-refractivity contribution is -0.123. The number of nitrogens with one attached hydrogen (secondary N) is 2. The summed E-state index contributed by atoms with van der Waals surface area (Å²) >= 11 is 0. The Morgan fingerprint density at radius 2 is 1.70 bits per heavy atom. The lowest BCUT2D eigenvalue weighted by Crippen LogP contribution is -2.42. The molecule has 196 valence electrons. The first-order chi connectivity index (χ1) is 17.7. The molecule has 2 bridgehead atoms. The Bertz CT molecular complexity index is 1140. The van der Waals surface area contributed by atoms with Crippen LogP contribution in [0.5, 0.6) is 0 Å². The zero-order valence-electron chi connectivity index (χ0n) is 21.0. The molecule has 2 fully saturated rings. The maximum absolute atomic E-state index is 12.7. The molecule has 4 N–H and O–H groups in total. The van der Waals surface area contributed by atoms with E-state index in [2.05, 4.69) is 29.7 Å². The van der Waals surface area contributed by atoms with Crippen LogP contribution in [0.25, 0.3) is 0 Å². The summed E-state index contributed by atoms with van der Waals surface area (Å²) in [5.41, 5.74) is -0.394. The van der Waals surface area contributed by atoms with E-state index in [4.69, 9.17) is 0 Å². The number of hydrogen-bond donors (Lipinski definition) is 4. The largest absolute Gasteiger partial charge is 0.507 e. The molecule has 4 aliphatic rings. The number of fused-ring (bicyclic) bond motifs is 5. The summed E-state index contributed by atoms with van der Waals surface area (Å²) < 4.78 is 0. The van der Waals surface area contributed by atoms with Crippen molar-refractivity contribution in [3.63, 3.8) is 0 Å². The van der Waals surface area contributed by atoms with E-state index in [1.165, 1.54) is 12.2 Å². The topological polar surface area (TPSA) is 133 Å². The highest BCUT2D eigenvalue weighted by molar-refractivity contribution is 6.27. The van der Waals surface area contributed by atoms with Gasteiger partial charge < -0.3 is 20.8 Å². The van der Waals surface area contributed by atoms with Crippen LogP contribution in [0.2, 0.25) is 0 Å². The molecule has 8 nitrogen and oxygen atoms in total. The van der Waals surface area contributed by atoms with Crippen molar-refractivity contribution < 1.29 is 29.4 Å². The number of ketones is 2. The summed E-state index contributed by atoms with van der Waals surface area (Å²) in [7, 11) is 0. The summed E-state index contributed by atoms with van der Waals surface area (Å²) in [5, 5.41) is 25.9. The molecule has 0 aromatic rings. The van der Waals surface area contributed by atoms with Crippen LogP contribution in [0.1, 0.15) is 26.7 Å². The summed E-state index contributed by atoms with van der Waals surface area (Å²) in [4.78, 5) is 49.6. The van der Waals surface area contributed by atoms with Gasteiger partial charge in [0.1, 0.15) is 23.2 Å². The van der Waals surface area contributed by atoms with Crippen LogP contribution in [0.4, 0.5) is 0 Å². The van der Waals surface area contributed by atoms with Crippen molar-refractivity contribution >= 4 is 23.4 Å². The Morgan fingerprint density at radius 1 is 0.973 bits per heavy atom. The fourth-order valence-electron chi connectivity index (χ4n) is 6.25. The fourth-order valence-corrected chi connectivity index (χ4v) is 6.25. The van der Waals surface area contributed by atoms with Crippen molar-refractivity contribution in [3.05, 3.63) is 72.1 Å². The van der Waals surface area contributed by atoms with Crippen molar-refractivity contribution in [2.75, 3.05) is 6.54 Å². The van der Waals surface area contributed by atoms with Gasteiger partial charge in [0.2, 0.25) is 5.91 Å². The maximum atomic E-state index is 12.7. The fraction of sp³-hybridized carbons (Fsp3) is 0.448. The Kier molecular flexibility index (Phi) is 8.07. The number of carbonyl (C=O) groups excluding carboxylic acids is 4. The van der Waals surface area contributed by atoms with Gasteiger partial charge in [-0.3, -0.25) is 19.2 Å². The highest BCUT2D eigenvalue weighted by Crippen LogP contribution is 2.51. The van der Waals surface area contributed by atoms with Gasteiger partial charge in [-0.2, -0.15) is 0 Å². The van der Waals surface area contributed by atoms with Gasteiger partial charge in [-0.1, -0.05) is 55.5 Å². The molecule has 37 heavy (non-hydrogen) atoms. The number of rotatable bonds is 1. The van der Waals surface area contributed by atoms with E-state index in [1.54, 1.807) is 25.2 Å². The molecule has 2 amide bonds. The third-order valence-corrected chi connectivity index (χ3v) is 7.94. The Hall–Kier alpha value is -3.52. The zero-order chi connectivity index (χ0) is 26.7. The minimum absolute atomic E-state index is 0.0142. The van der Waals surface area contributed by atoms with Crippen molar-refractivity contribution in [1.29, 1.82) is 0 Å². The summed E-state index contributed by atoms with van der Waals surface area (Å²) in [6, 6.07) is -1.18.